The first-order chi connectivity index (χ1) is 13.0. The smallest absolute Gasteiger partial charge is 0.267 e. The van der Waals surface area contributed by atoms with Crippen LogP contribution in [0.1, 0.15) is 35.7 Å². The lowest BCUT2D eigenvalue weighted by Gasteiger charge is -2.15. The van der Waals surface area contributed by atoms with Crippen LogP contribution in [0.25, 0.3) is 10.9 Å². The number of para-hydroxylation sites is 1. The van der Waals surface area contributed by atoms with E-state index in [0.29, 0.717) is 23.0 Å². The largest absolute Gasteiger partial charge is 0.506 e. The van der Waals surface area contributed by atoms with E-state index in [1.165, 1.54) is 10.6 Å². The molecule has 1 heterocycles. The minimum atomic E-state index is -0.725. The maximum Gasteiger partial charge on any atom is 0.267 e. The third-order valence-electron chi connectivity index (χ3n) is 4.51. The molecule has 0 atom stereocenters. The second kappa shape index (κ2) is 8.03. The van der Waals surface area contributed by atoms with Crippen molar-refractivity contribution < 1.29 is 14.3 Å². The van der Waals surface area contributed by atoms with Gasteiger partial charge in [-0.15, -0.1) is 0 Å². The Morgan fingerprint density at radius 1 is 1.15 bits per heavy atom. The van der Waals surface area contributed by atoms with Crippen molar-refractivity contribution in [3.05, 3.63) is 75.8 Å². The Morgan fingerprint density at radius 3 is 2.59 bits per heavy atom. The third kappa shape index (κ3) is 3.69. The van der Waals surface area contributed by atoms with E-state index in [-0.39, 0.29) is 17.9 Å². The summed E-state index contributed by atoms with van der Waals surface area (Å²) in [6.45, 7) is 2.38. The summed E-state index contributed by atoms with van der Waals surface area (Å²) in [6, 6.07) is 13.0. The van der Waals surface area contributed by atoms with Gasteiger partial charge in [-0.1, -0.05) is 43.7 Å². The quantitative estimate of drug-likeness (QED) is 0.699. The average Bonchev–Trinajstić information content (AvgIpc) is 2.67. The number of unbranched alkanes of at least 4 members (excludes halogenated alkanes) is 1. The molecule has 0 fully saturated rings. The lowest BCUT2D eigenvalue weighted by molar-refractivity contribution is 0.0946. The summed E-state index contributed by atoms with van der Waals surface area (Å²) in [5.41, 5.74) is 0.0170. The number of benzene rings is 2. The number of hydrogen-bond acceptors (Lipinski definition) is 3. The van der Waals surface area contributed by atoms with E-state index in [1.807, 2.05) is 6.92 Å². The molecule has 0 bridgehead atoms. The summed E-state index contributed by atoms with van der Waals surface area (Å²) in [5, 5.41) is 13.5. The van der Waals surface area contributed by atoms with Crippen LogP contribution in [0.15, 0.2) is 53.3 Å². The number of aromatic hydroxyl groups is 1. The first kappa shape index (κ1) is 18.6. The van der Waals surface area contributed by atoms with Gasteiger partial charge in [0.05, 0.1) is 5.52 Å². The van der Waals surface area contributed by atoms with Crippen molar-refractivity contribution in [3.8, 4) is 5.75 Å². The highest BCUT2D eigenvalue weighted by molar-refractivity contribution is 6.02. The highest BCUT2D eigenvalue weighted by Gasteiger charge is 2.22. The molecule has 0 saturated heterocycles. The summed E-state index contributed by atoms with van der Waals surface area (Å²) in [4.78, 5) is 25.5. The predicted octanol–water partition coefficient (Wildman–Crippen LogP) is 3.58. The Bertz CT molecular complexity index is 1040. The molecular weight excluding hydrogens is 347 g/mol. The van der Waals surface area contributed by atoms with Gasteiger partial charge in [-0.05, 0) is 24.6 Å². The molecule has 1 amide bonds. The van der Waals surface area contributed by atoms with Gasteiger partial charge >= 0.3 is 0 Å². The molecule has 3 rings (SSSR count). The first-order valence-electron chi connectivity index (χ1n) is 8.90. The van der Waals surface area contributed by atoms with Crippen LogP contribution < -0.4 is 10.9 Å². The SMILES string of the molecule is CCCCn1c(=O)c(C(=O)NCc2ccccc2F)c(O)c2ccccc21. The van der Waals surface area contributed by atoms with Crippen molar-refractivity contribution in [2.24, 2.45) is 0 Å². The Balaban J connectivity index is 2.01. The fourth-order valence-corrected chi connectivity index (χ4v) is 3.04. The van der Waals surface area contributed by atoms with Gasteiger partial charge in [-0.25, -0.2) is 4.39 Å². The van der Waals surface area contributed by atoms with Gasteiger partial charge in [-0.3, -0.25) is 9.59 Å². The monoisotopic (exact) mass is 368 g/mol. The molecular formula is C21H21FN2O3. The van der Waals surface area contributed by atoms with Crippen LogP contribution in [-0.2, 0) is 13.1 Å². The van der Waals surface area contributed by atoms with Crippen LogP contribution in [0.2, 0.25) is 0 Å². The molecule has 0 aliphatic carbocycles. The highest BCUT2D eigenvalue weighted by Crippen LogP contribution is 2.26. The lowest BCUT2D eigenvalue weighted by Crippen LogP contribution is -2.33. The number of carbonyl (C=O) groups is 1. The summed E-state index contributed by atoms with van der Waals surface area (Å²) >= 11 is 0. The fraction of sp³-hybridized carbons (Fsp3) is 0.238. The number of nitrogens with one attached hydrogen (secondary N) is 1. The molecule has 27 heavy (non-hydrogen) atoms. The molecule has 5 nitrogen and oxygen atoms in total. The summed E-state index contributed by atoms with van der Waals surface area (Å²) in [5.74, 6) is -1.52. The summed E-state index contributed by atoms with van der Waals surface area (Å²) in [7, 11) is 0. The first-order valence-corrected chi connectivity index (χ1v) is 8.90. The molecule has 0 spiro atoms. The molecule has 0 aliphatic rings. The van der Waals surface area contributed by atoms with Crippen LogP contribution in [-0.4, -0.2) is 15.6 Å². The number of aryl methyl sites for hydroxylation is 1. The van der Waals surface area contributed by atoms with E-state index < -0.39 is 17.3 Å². The minimum absolute atomic E-state index is 0.0772. The van der Waals surface area contributed by atoms with Gasteiger partial charge in [0.15, 0.2) is 0 Å². The van der Waals surface area contributed by atoms with Crippen LogP contribution in [0, 0.1) is 5.82 Å². The van der Waals surface area contributed by atoms with Gasteiger partial charge in [0, 0.05) is 24.0 Å². The number of nitrogens with zero attached hydrogens (tertiary/aromatic N) is 1. The molecule has 0 unspecified atom stereocenters. The van der Waals surface area contributed by atoms with Crippen LogP contribution >= 0.6 is 0 Å². The van der Waals surface area contributed by atoms with Crippen molar-refractivity contribution in [2.75, 3.05) is 0 Å². The summed E-state index contributed by atoms with van der Waals surface area (Å²) < 4.78 is 15.3. The maximum atomic E-state index is 13.7. The van der Waals surface area contributed by atoms with Gasteiger partial charge in [0.2, 0.25) is 0 Å². The van der Waals surface area contributed by atoms with Crippen molar-refractivity contribution in [1.29, 1.82) is 0 Å². The molecule has 2 N–H and O–H groups in total. The zero-order valence-electron chi connectivity index (χ0n) is 15.0. The zero-order valence-corrected chi connectivity index (χ0v) is 15.0. The van der Waals surface area contributed by atoms with Crippen molar-refractivity contribution in [3.63, 3.8) is 0 Å². The molecule has 3 aromatic rings. The number of aromatic nitrogens is 1. The highest BCUT2D eigenvalue weighted by atomic mass is 19.1. The Hall–Kier alpha value is -3.15. The number of pyridine rings is 1. The van der Waals surface area contributed by atoms with Crippen molar-refractivity contribution in [2.45, 2.75) is 32.9 Å². The van der Waals surface area contributed by atoms with Crippen LogP contribution in [0.4, 0.5) is 4.39 Å². The summed E-state index contributed by atoms with van der Waals surface area (Å²) in [6.07, 6.45) is 1.65. The third-order valence-corrected chi connectivity index (χ3v) is 4.51. The fourth-order valence-electron chi connectivity index (χ4n) is 3.04. The number of carbonyl (C=O) groups excluding carboxylic acids is 1. The van der Waals surface area contributed by atoms with Gasteiger partial charge in [0.1, 0.15) is 17.1 Å². The molecule has 0 aliphatic heterocycles. The average molecular weight is 368 g/mol. The number of fused-ring (bicyclic) bond motifs is 1. The minimum Gasteiger partial charge on any atom is -0.506 e. The zero-order chi connectivity index (χ0) is 19.4. The Morgan fingerprint density at radius 2 is 1.85 bits per heavy atom. The molecule has 1 aromatic heterocycles. The van der Waals surface area contributed by atoms with Crippen molar-refractivity contribution >= 4 is 16.8 Å². The molecule has 0 saturated carbocycles. The Kier molecular flexibility index (Phi) is 5.54. The van der Waals surface area contributed by atoms with Crippen LogP contribution in [0.3, 0.4) is 0 Å². The van der Waals surface area contributed by atoms with Crippen molar-refractivity contribution in [1.82, 2.24) is 9.88 Å². The van der Waals surface area contributed by atoms with Gasteiger partial charge in [-0.2, -0.15) is 0 Å². The van der Waals surface area contributed by atoms with E-state index in [2.05, 4.69) is 5.32 Å². The number of amides is 1. The van der Waals surface area contributed by atoms with E-state index in [4.69, 9.17) is 0 Å². The molecule has 0 radical (unpaired) electrons. The maximum absolute atomic E-state index is 13.7. The standard InChI is InChI=1S/C21H21FN2O3/c1-2-3-12-24-17-11-7-5-9-15(17)19(25)18(21(24)27)20(26)23-13-14-8-4-6-10-16(14)22/h4-11,25H,2-3,12-13H2,1H3,(H,23,26). The van der Waals surface area contributed by atoms with E-state index in [9.17, 15) is 19.1 Å². The molecule has 140 valence electrons. The second-order valence-electron chi connectivity index (χ2n) is 6.33. The topological polar surface area (TPSA) is 71.3 Å². The van der Waals surface area contributed by atoms with Gasteiger partial charge < -0.3 is 15.0 Å². The molecule has 2 aromatic carbocycles. The van der Waals surface area contributed by atoms with E-state index in [0.717, 1.165) is 12.8 Å². The number of halogens is 1. The van der Waals surface area contributed by atoms with Crippen LogP contribution in [0.5, 0.6) is 5.75 Å². The lowest BCUT2D eigenvalue weighted by atomic mass is 10.1. The predicted molar refractivity (Wildman–Crippen MR) is 102 cm³/mol. The molecule has 6 heteroatoms. The van der Waals surface area contributed by atoms with Gasteiger partial charge in [0.25, 0.3) is 11.5 Å². The number of hydrogen-bond donors (Lipinski definition) is 2. The van der Waals surface area contributed by atoms with E-state index >= 15 is 0 Å². The number of rotatable bonds is 6. The van der Waals surface area contributed by atoms with E-state index in [1.54, 1.807) is 42.5 Å². The second-order valence-corrected chi connectivity index (χ2v) is 6.33. The Labute approximate surface area is 156 Å². The normalized spacial score (nSPS) is 10.9.